The minimum Gasteiger partial charge on any atom is -0.316 e. The molecule has 0 saturated heterocycles. The Labute approximate surface area is 141 Å². The third-order valence-electron chi connectivity index (χ3n) is 3.43. The summed E-state index contributed by atoms with van der Waals surface area (Å²) >= 11 is 18.5. The van der Waals surface area contributed by atoms with Gasteiger partial charge in [0.15, 0.2) is 0 Å². The van der Waals surface area contributed by atoms with E-state index in [2.05, 4.69) is 18.3 Å². The maximum Gasteiger partial charge on any atom is 0.0439 e. The summed E-state index contributed by atoms with van der Waals surface area (Å²) in [7, 11) is 0. The van der Waals surface area contributed by atoms with Crippen LogP contribution in [-0.4, -0.2) is 13.1 Å². The zero-order valence-electron chi connectivity index (χ0n) is 11.9. The number of nitrogens with one attached hydrogen (secondary N) is 1. The molecule has 0 fully saturated rings. The topological polar surface area (TPSA) is 12.0 Å². The molecule has 21 heavy (non-hydrogen) atoms. The highest BCUT2D eigenvalue weighted by Crippen LogP contribution is 2.28. The first-order valence-corrected chi connectivity index (χ1v) is 8.13. The summed E-state index contributed by atoms with van der Waals surface area (Å²) in [5.74, 6) is 0.305. The average molecular weight is 343 g/mol. The predicted molar refractivity (Wildman–Crippen MR) is 92.9 cm³/mol. The minimum absolute atomic E-state index is 0.305. The van der Waals surface area contributed by atoms with Crippen LogP contribution in [0.3, 0.4) is 0 Å². The molecule has 1 N–H and O–H groups in total. The summed E-state index contributed by atoms with van der Waals surface area (Å²) in [5, 5.41) is 5.62. The predicted octanol–water partition coefficient (Wildman–Crippen LogP) is 5.58. The molecule has 2 aromatic carbocycles. The van der Waals surface area contributed by atoms with E-state index >= 15 is 0 Å². The van der Waals surface area contributed by atoms with Crippen molar-refractivity contribution in [2.75, 3.05) is 13.1 Å². The van der Waals surface area contributed by atoms with E-state index in [0.29, 0.717) is 10.9 Å². The van der Waals surface area contributed by atoms with Crippen molar-refractivity contribution in [2.45, 2.75) is 19.3 Å². The lowest BCUT2D eigenvalue weighted by atomic mass is 9.92. The Bertz CT molecular complexity index is 598. The molecule has 1 nitrogen and oxygen atoms in total. The molecule has 0 bridgehead atoms. The van der Waals surface area contributed by atoms with Crippen molar-refractivity contribution in [2.24, 2.45) is 0 Å². The zero-order valence-corrected chi connectivity index (χ0v) is 14.1. The number of likely N-dealkylation sites (N-methyl/N-ethyl adjacent to an activating group) is 1. The molecule has 2 aromatic rings. The van der Waals surface area contributed by atoms with Gasteiger partial charge in [-0.25, -0.2) is 0 Å². The van der Waals surface area contributed by atoms with Crippen LogP contribution >= 0.6 is 34.8 Å². The third-order valence-corrected chi connectivity index (χ3v) is 4.27. The van der Waals surface area contributed by atoms with Crippen LogP contribution in [0.5, 0.6) is 0 Å². The molecular formula is C17H18Cl3N. The Morgan fingerprint density at radius 2 is 1.76 bits per heavy atom. The second-order valence-corrected chi connectivity index (χ2v) is 6.28. The van der Waals surface area contributed by atoms with Gasteiger partial charge in [-0.15, -0.1) is 0 Å². The van der Waals surface area contributed by atoms with E-state index in [9.17, 15) is 0 Å². The summed E-state index contributed by atoms with van der Waals surface area (Å²) in [6.45, 7) is 3.90. The maximum atomic E-state index is 6.29. The summed E-state index contributed by atoms with van der Waals surface area (Å²) < 4.78 is 0. The van der Waals surface area contributed by atoms with Crippen LogP contribution in [-0.2, 0) is 6.42 Å². The van der Waals surface area contributed by atoms with Gasteiger partial charge in [-0.3, -0.25) is 0 Å². The summed E-state index contributed by atoms with van der Waals surface area (Å²) in [6.07, 6.45) is 0.826. The van der Waals surface area contributed by atoms with E-state index < -0.39 is 0 Å². The third kappa shape index (κ3) is 4.89. The van der Waals surface area contributed by atoms with E-state index in [4.69, 9.17) is 34.8 Å². The molecule has 0 aliphatic heterocycles. The van der Waals surface area contributed by atoms with Crippen LogP contribution < -0.4 is 5.32 Å². The summed E-state index contributed by atoms with van der Waals surface area (Å²) in [5.41, 5.74) is 2.27. The Hall–Kier alpha value is -0.730. The highest BCUT2D eigenvalue weighted by atomic mass is 35.5. The SMILES string of the molecule is CCNCC(Cc1cc(Cl)ccc1Cl)c1cccc(Cl)c1. The molecular weight excluding hydrogens is 325 g/mol. The average Bonchev–Trinajstić information content (AvgIpc) is 2.47. The first-order chi connectivity index (χ1) is 10.1. The van der Waals surface area contributed by atoms with Gasteiger partial charge in [-0.1, -0.05) is 53.9 Å². The lowest BCUT2D eigenvalue weighted by molar-refractivity contribution is 0.595. The van der Waals surface area contributed by atoms with Crippen LogP contribution in [0.15, 0.2) is 42.5 Å². The lowest BCUT2D eigenvalue weighted by Gasteiger charge is -2.19. The number of halogens is 3. The minimum atomic E-state index is 0.305. The molecule has 0 aliphatic carbocycles. The molecule has 4 heteroatoms. The van der Waals surface area contributed by atoms with Gasteiger partial charge in [0.2, 0.25) is 0 Å². The van der Waals surface area contributed by atoms with Crippen LogP contribution in [0.1, 0.15) is 24.0 Å². The maximum absolute atomic E-state index is 6.29. The molecule has 0 aliphatic rings. The van der Waals surface area contributed by atoms with Gasteiger partial charge in [0, 0.05) is 27.5 Å². The highest BCUT2D eigenvalue weighted by Gasteiger charge is 2.14. The van der Waals surface area contributed by atoms with Crippen molar-refractivity contribution in [1.29, 1.82) is 0 Å². The van der Waals surface area contributed by atoms with Gasteiger partial charge < -0.3 is 5.32 Å². The van der Waals surface area contributed by atoms with Gasteiger partial charge >= 0.3 is 0 Å². The Morgan fingerprint density at radius 1 is 1.00 bits per heavy atom. The van der Waals surface area contributed by atoms with Crippen LogP contribution in [0.25, 0.3) is 0 Å². The monoisotopic (exact) mass is 341 g/mol. The van der Waals surface area contributed by atoms with Gasteiger partial charge in [0.25, 0.3) is 0 Å². The van der Waals surface area contributed by atoms with Gasteiger partial charge in [-0.05, 0) is 54.4 Å². The largest absolute Gasteiger partial charge is 0.316 e. The second-order valence-electron chi connectivity index (χ2n) is 5.00. The summed E-state index contributed by atoms with van der Waals surface area (Å²) in [4.78, 5) is 0. The smallest absolute Gasteiger partial charge is 0.0439 e. The molecule has 1 atom stereocenters. The zero-order chi connectivity index (χ0) is 15.2. The fourth-order valence-electron chi connectivity index (χ4n) is 2.35. The standard InChI is InChI=1S/C17H18Cl3N/c1-2-21-11-14(12-4-3-5-15(18)9-12)8-13-10-16(19)6-7-17(13)20/h3-7,9-10,14,21H,2,8,11H2,1H3. The quantitative estimate of drug-likeness (QED) is 0.722. The van der Waals surface area contributed by atoms with Crippen molar-refractivity contribution < 1.29 is 0 Å². The first-order valence-electron chi connectivity index (χ1n) is 7.00. The second kappa shape index (κ2) is 8.05. The van der Waals surface area contributed by atoms with Crippen molar-refractivity contribution in [1.82, 2.24) is 5.32 Å². The molecule has 0 amide bonds. The molecule has 0 spiro atoms. The van der Waals surface area contributed by atoms with Gasteiger partial charge in [-0.2, -0.15) is 0 Å². The number of benzene rings is 2. The van der Waals surface area contributed by atoms with Crippen LogP contribution in [0.4, 0.5) is 0 Å². The Morgan fingerprint density at radius 3 is 2.48 bits per heavy atom. The normalized spacial score (nSPS) is 12.4. The van der Waals surface area contributed by atoms with Gasteiger partial charge in [0.1, 0.15) is 0 Å². The van der Waals surface area contributed by atoms with Crippen molar-refractivity contribution in [3.63, 3.8) is 0 Å². The summed E-state index contributed by atoms with van der Waals surface area (Å²) in [6, 6.07) is 13.6. The molecule has 1 unspecified atom stereocenters. The van der Waals surface area contributed by atoms with Gasteiger partial charge in [0.05, 0.1) is 0 Å². The van der Waals surface area contributed by atoms with Crippen LogP contribution in [0, 0.1) is 0 Å². The van der Waals surface area contributed by atoms with Crippen molar-refractivity contribution in [3.8, 4) is 0 Å². The fourth-order valence-corrected chi connectivity index (χ4v) is 2.94. The first kappa shape index (κ1) is 16.6. The number of rotatable bonds is 6. The van der Waals surface area contributed by atoms with Crippen molar-refractivity contribution in [3.05, 3.63) is 68.7 Å². The molecule has 0 saturated carbocycles. The molecule has 0 aromatic heterocycles. The molecule has 0 heterocycles. The molecule has 0 radical (unpaired) electrons. The van der Waals surface area contributed by atoms with E-state index in [1.54, 1.807) is 0 Å². The van der Waals surface area contributed by atoms with E-state index in [0.717, 1.165) is 35.1 Å². The van der Waals surface area contributed by atoms with Crippen LogP contribution in [0.2, 0.25) is 15.1 Å². The fraction of sp³-hybridized carbons (Fsp3) is 0.294. The van der Waals surface area contributed by atoms with E-state index in [-0.39, 0.29) is 0 Å². The van der Waals surface area contributed by atoms with Crippen molar-refractivity contribution >= 4 is 34.8 Å². The molecule has 112 valence electrons. The number of hydrogen-bond acceptors (Lipinski definition) is 1. The Balaban J connectivity index is 2.25. The Kier molecular flexibility index (Phi) is 6.38. The highest BCUT2D eigenvalue weighted by molar-refractivity contribution is 6.33. The van der Waals surface area contributed by atoms with E-state index in [1.807, 2.05) is 36.4 Å². The van der Waals surface area contributed by atoms with E-state index in [1.165, 1.54) is 5.56 Å². The number of hydrogen-bond donors (Lipinski definition) is 1. The lowest BCUT2D eigenvalue weighted by Crippen LogP contribution is -2.22. The molecule has 2 rings (SSSR count).